The molecule has 1 heterocycles. The van der Waals surface area contributed by atoms with E-state index in [1.165, 1.54) is 6.20 Å². The van der Waals surface area contributed by atoms with Gasteiger partial charge >= 0.3 is 6.18 Å². The van der Waals surface area contributed by atoms with E-state index < -0.39 is 17.6 Å². The summed E-state index contributed by atoms with van der Waals surface area (Å²) in [7, 11) is 0. The number of benzene rings is 1. The van der Waals surface area contributed by atoms with Crippen LogP contribution in [0.4, 0.5) is 29.1 Å². The van der Waals surface area contributed by atoms with Gasteiger partial charge in [-0.1, -0.05) is 0 Å². The average Bonchev–Trinajstić information content (AvgIpc) is 2.33. The Morgan fingerprint density at radius 2 is 1.89 bits per heavy atom. The molecule has 0 aliphatic carbocycles. The highest BCUT2D eigenvalue weighted by Crippen LogP contribution is 2.33. The molecule has 0 radical (unpaired) electrons. The van der Waals surface area contributed by atoms with Gasteiger partial charge in [0.15, 0.2) is 0 Å². The molecule has 100 valence electrons. The van der Waals surface area contributed by atoms with Crippen LogP contribution in [0.5, 0.6) is 0 Å². The first kappa shape index (κ1) is 13.8. The summed E-state index contributed by atoms with van der Waals surface area (Å²) in [6.07, 6.45) is -3.08. The van der Waals surface area contributed by atoms with Crippen molar-refractivity contribution in [3.8, 4) is 0 Å². The van der Waals surface area contributed by atoms with E-state index in [2.05, 4.69) is 26.2 Å². The zero-order valence-corrected chi connectivity index (χ0v) is 10.9. The minimum absolute atomic E-state index is 0.237. The van der Waals surface area contributed by atoms with Crippen molar-refractivity contribution >= 4 is 27.4 Å². The van der Waals surface area contributed by atoms with E-state index in [4.69, 9.17) is 0 Å². The minimum atomic E-state index is -4.52. The number of pyridine rings is 1. The molecule has 2 aromatic rings. The van der Waals surface area contributed by atoms with E-state index in [0.29, 0.717) is 16.6 Å². The standard InChI is InChI=1S/C12H7BrF4N2/c13-8-2-1-5-18-11(8)19-10-6-7(12(15,16)17)3-4-9(10)14/h1-6H,(H,18,19). The predicted molar refractivity (Wildman–Crippen MR) is 66.6 cm³/mol. The van der Waals surface area contributed by atoms with Crippen molar-refractivity contribution in [2.45, 2.75) is 6.18 Å². The van der Waals surface area contributed by atoms with Crippen LogP contribution in [0.2, 0.25) is 0 Å². The number of nitrogens with one attached hydrogen (secondary N) is 1. The lowest BCUT2D eigenvalue weighted by atomic mass is 10.2. The van der Waals surface area contributed by atoms with Gasteiger partial charge in [-0.2, -0.15) is 13.2 Å². The van der Waals surface area contributed by atoms with Crippen LogP contribution in [0.15, 0.2) is 41.0 Å². The average molecular weight is 335 g/mol. The number of anilines is 2. The number of rotatable bonds is 2. The lowest BCUT2D eigenvalue weighted by molar-refractivity contribution is -0.137. The molecule has 0 aliphatic rings. The fourth-order valence-electron chi connectivity index (χ4n) is 1.40. The van der Waals surface area contributed by atoms with E-state index in [9.17, 15) is 17.6 Å². The van der Waals surface area contributed by atoms with E-state index in [1.54, 1.807) is 12.1 Å². The summed E-state index contributed by atoms with van der Waals surface area (Å²) in [5.41, 5.74) is -1.21. The Kier molecular flexibility index (Phi) is 3.75. The number of alkyl halides is 3. The molecule has 0 spiro atoms. The molecule has 0 saturated carbocycles. The topological polar surface area (TPSA) is 24.9 Å². The maximum Gasteiger partial charge on any atom is 0.416 e. The van der Waals surface area contributed by atoms with Gasteiger partial charge in [-0.3, -0.25) is 0 Å². The summed E-state index contributed by atoms with van der Waals surface area (Å²) in [6.45, 7) is 0. The third kappa shape index (κ3) is 3.23. The maximum atomic E-state index is 13.5. The third-order valence-electron chi connectivity index (χ3n) is 2.31. The highest BCUT2D eigenvalue weighted by molar-refractivity contribution is 9.10. The van der Waals surface area contributed by atoms with Crippen LogP contribution in [0, 0.1) is 5.82 Å². The molecule has 0 aliphatic heterocycles. The quantitative estimate of drug-likeness (QED) is 0.802. The zero-order chi connectivity index (χ0) is 14.0. The molecule has 0 fully saturated rings. The van der Waals surface area contributed by atoms with Gasteiger partial charge in [-0.05, 0) is 46.3 Å². The molecule has 0 bridgehead atoms. The van der Waals surface area contributed by atoms with E-state index in [-0.39, 0.29) is 11.5 Å². The van der Waals surface area contributed by atoms with Gasteiger partial charge in [-0.25, -0.2) is 9.37 Å². The Hall–Kier alpha value is -1.63. The van der Waals surface area contributed by atoms with Gasteiger partial charge in [0.05, 0.1) is 15.7 Å². The molecular weight excluding hydrogens is 328 g/mol. The van der Waals surface area contributed by atoms with Crippen LogP contribution < -0.4 is 5.32 Å². The molecule has 2 nitrogen and oxygen atoms in total. The smallest absolute Gasteiger partial charge is 0.337 e. The molecule has 0 unspecified atom stereocenters. The highest BCUT2D eigenvalue weighted by Gasteiger charge is 2.31. The molecule has 0 amide bonds. The Morgan fingerprint density at radius 3 is 2.53 bits per heavy atom. The largest absolute Gasteiger partial charge is 0.416 e. The number of aromatic nitrogens is 1. The van der Waals surface area contributed by atoms with Crippen LogP contribution in [-0.2, 0) is 6.18 Å². The Labute approximate surface area is 114 Å². The zero-order valence-electron chi connectivity index (χ0n) is 9.30. The van der Waals surface area contributed by atoms with E-state index in [0.717, 1.165) is 6.07 Å². The molecule has 1 aromatic heterocycles. The number of hydrogen-bond donors (Lipinski definition) is 1. The van der Waals surface area contributed by atoms with Gasteiger partial charge in [-0.15, -0.1) is 0 Å². The van der Waals surface area contributed by atoms with Gasteiger partial charge in [0.1, 0.15) is 11.6 Å². The summed E-state index contributed by atoms with van der Waals surface area (Å²) in [5, 5.41) is 2.52. The van der Waals surface area contributed by atoms with Gasteiger partial charge in [0.25, 0.3) is 0 Å². The normalized spacial score (nSPS) is 11.4. The van der Waals surface area contributed by atoms with Crippen LogP contribution >= 0.6 is 15.9 Å². The second-order valence-electron chi connectivity index (χ2n) is 3.65. The number of halogens is 5. The molecule has 0 saturated heterocycles. The monoisotopic (exact) mass is 334 g/mol. The summed E-state index contributed by atoms with van der Waals surface area (Å²) in [6, 6.07) is 5.44. The summed E-state index contributed by atoms with van der Waals surface area (Å²) in [5.74, 6) is -0.550. The van der Waals surface area contributed by atoms with Crippen LogP contribution in [0.25, 0.3) is 0 Å². The van der Waals surface area contributed by atoms with E-state index >= 15 is 0 Å². The van der Waals surface area contributed by atoms with Crippen LogP contribution in [0.1, 0.15) is 5.56 Å². The number of hydrogen-bond acceptors (Lipinski definition) is 2. The molecule has 1 N–H and O–H groups in total. The lowest BCUT2D eigenvalue weighted by Gasteiger charge is -2.11. The molecule has 1 aromatic carbocycles. The predicted octanol–water partition coefficient (Wildman–Crippen LogP) is 4.75. The SMILES string of the molecule is Fc1ccc(C(F)(F)F)cc1Nc1ncccc1Br. The first-order valence-corrected chi connectivity index (χ1v) is 5.91. The summed E-state index contributed by atoms with van der Waals surface area (Å²) in [4.78, 5) is 3.90. The first-order valence-electron chi connectivity index (χ1n) is 5.12. The number of nitrogens with zero attached hydrogens (tertiary/aromatic N) is 1. The van der Waals surface area contributed by atoms with Crippen molar-refractivity contribution in [3.05, 3.63) is 52.4 Å². The summed E-state index contributed by atoms with van der Waals surface area (Å²) < 4.78 is 51.7. The Morgan fingerprint density at radius 1 is 1.16 bits per heavy atom. The highest BCUT2D eigenvalue weighted by atomic mass is 79.9. The van der Waals surface area contributed by atoms with Crippen LogP contribution in [0.3, 0.4) is 0 Å². The Balaban J connectivity index is 2.38. The third-order valence-corrected chi connectivity index (χ3v) is 2.95. The summed E-state index contributed by atoms with van der Waals surface area (Å²) >= 11 is 3.17. The van der Waals surface area contributed by atoms with Crippen LogP contribution in [-0.4, -0.2) is 4.98 Å². The molecule has 2 rings (SSSR count). The minimum Gasteiger partial charge on any atom is -0.337 e. The maximum absolute atomic E-state index is 13.5. The van der Waals surface area contributed by atoms with Crippen molar-refractivity contribution in [3.63, 3.8) is 0 Å². The lowest BCUT2D eigenvalue weighted by Crippen LogP contribution is -2.06. The molecular formula is C12H7BrF4N2. The molecule has 19 heavy (non-hydrogen) atoms. The van der Waals surface area contributed by atoms with Gasteiger partial charge in [0, 0.05) is 6.20 Å². The van der Waals surface area contributed by atoms with Crippen molar-refractivity contribution in [2.75, 3.05) is 5.32 Å². The molecule has 7 heteroatoms. The van der Waals surface area contributed by atoms with Crippen molar-refractivity contribution in [2.24, 2.45) is 0 Å². The molecule has 0 atom stereocenters. The van der Waals surface area contributed by atoms with Gasteiger partial charge in [0.2, 0.25) is 0 Å². The second kappa shape index (κ2) is 5.16. The van der Waals surface area contributed by atoms with Crippen molar-refractivity contribution < 1.29 is 17.6 Å². The van der Waals surface area contributed by atoms with Crippen molar-refractivity contribution in [1.29, 1.82) is 0 Å². The van der Waals surface area contributed by atoms with Crippen molar-refractivity contribution in [1.82, 2.24) is 4.98 Å². The van der Waals surface area contributed by atoms with E-state index in [1.807, 2.05) is 0 Å². The fourth-order valence-corrected chi connectivity index (χ4v) is 1.76. The first-order chi connectivity index (χ1) is 8.88. The second-order valence-corrected chi connectivity index (χ2v) is 4.51. The van der Waals surface area contributed by atoms with Gasteiger partial charge < -0.3 is 5.32 Å². The fraction of sp³-hybridized carbons (Fsp3) is 0.0833. The Bertz CT molecular complexity index is 599.